The van der Waals surface area contributed by atoms with Crippen LogP contribution in [-0.2, 0) is 13.3 Å². The van der Waals surface area contributed by atoms with Crippen LogP contribution < -0.4 is 0 Å². The Kier molecular flexibility index (Phi) is 4.11. The Labute approximate surface area is 93.8 Å². The van der Waals surface area contributed by atoms with Gasteiger partial charge in [0.1, 0.15) is 0 Å². The topological polar surface area (TPSA) is 27.7 Å². The van der Waals surface area contributed by atoms with E-state index in [0.717, 1.165) is 12.8 Å². The quantitative estimate of drug-likeness (QED) is 0.549. The average Bonchev–Trinajstić information content (AvgIpc) is 2.66. The molecule has 15 heavy (non-hydrogen) atoms. The minimum absolute atomic E-state index is 0.228. The first-order valence-corrected chi connectivity index (χ1v) is 7.21. The smallest absolute Gasteiger partial charge is 0.376 e. The van der Waals surface area contributed by atoms with Crippen molar-refractivity contribution in [1.82, 2.24) is 0 Å². The molecule has 0 amide bonds. The van der Waals surface area contributed by atoms with Gasteiger partial charge in [0.15, 0.2) is 0 Å². The van der Waals surface area contributed by atoms with Crippen LogP contribution in [-0.4, -0.2) is 28.6 Å². The first-order chi connectivity index (χ1) is 6.93. The molecule has 0 saturated carbocycles. The zero-order valence-corrected chi connectivity index (χ0v) is 11.4. The van der Waals surface area contributed by atoms with Gasteiger partial charge in [0, 0.05) is 19.8 Å². The van der Waals surface area contributed by atoms with Gasteiger partial charge in [-0.2, -0.15) is 0 Å². The lowest BCUT2D eigenvalue weighted by molar-refractivity contribution is 0.0121. The van der Waals surface area contributed by atoms with Gasteiger partial charge >= 0.3 is 8.80 Å². The largest absolute Gasteiger partial charge is 0.508 e. The third kappa shape index (κ3) is 3.14. The van der Waals surface area contributed by atoms with E-state index < -0.39 is 8.80 Å². The summed E-state index contributed by atoms with van der Waals surface area (Å²) < 4.78 is 17.2. The Morgan fingerprint density at radius 1 is 1.20 bits per heavy atom. The maximum absolute atomic E-state index is 6.05. The number of rotatable bonds is 4. The molecule has 3 nitrogen and oxygen atoms in total. The van der Waals surface area contributed by atoms with Crippen molar-refractivity contribution in [2.24, 2.45) is 0 Å². The third-order valence-electron chi connectivity index (χ3n) is 2.48. The number of hydrogen-bond acceptors (Lipinski definition) is 3. The second kappa shape index (κ2) is 4.78. The van der Waals surface area contributed by atoms with Gasteiger partial charge in [0.25, 0.3) is 0 Å². The van der Waals surface area contributed by atoms with Crippen LogP contribution in [0.2, 0.25) is 5.54 Å². The summed E-state index contributed by atoms with van der Waals surface area (Å²) >= 11 is 0. The van der Waals surface area contributed by atoms with Crippen molar-refractivity contribution < 1.29 is 13.3 Å². The lowest BCUT2D eigenvalue weighted by Crippen LogP contribution is -2.52. The Hall–Kier alpha value is -0.163. The van der Waals surface area contributed by atoms with Crippen molar-refractivity contribution in [1.29, 1.82) is 0 Å². The van der Waals surface area contributed by atoms with E-state index in [0.29, 0.717) is 5.54 Å². The van der Waals surface area contributed by atoms with Gasteiger partial charge in [-0.05, 0) is 33.6 Å². The van der Waals surface area contributed by atoms with Crippen LogP contribution in [0.4, 0.5) is 0 Å². The molecule has 0 aromatic carbocycles. The lowest BCUT2D eigenvalue weighted by Gasteiger charge is -2.36. The van der Waals surface area contributed by atoms with E-state index in [1.165, 1.54) is 0 Å². The van der Waals surface area contributed by atoms with E-state index in [4.69, 9.17) is 13.3 Å². The summed E-state index contributed by atoms with van der Waals surface area (Å²) in [6.07, 6.45) is 6.52. The Bertz CT molecular complexity index is 228. The SMILES string of the molecule is CO[Si](OC)(OC(C)(C)C)C1C=CCC1. The van der Waals surface area contributed by atoms with Gasteiger partial charge in [-0.3, -0.25) is 0 Å². The van der Waals surface area contributed by atoms with E-state index in [2.05, 4.69) is 12.2 Å². The molecule has 0 heterocycles. The van der Waals surface area contributed by atoms with E-state index in [1.807, 2.05) is 20.8 Å². The average molecular weight is 230 g/mol. The molecular formula is C11H22O3Si. The highest BCUT2D eigenvalue weighted by Crippen LogP contribution is 2.37. The van der Waals surface area contributed by atoms with Crippen molar-refractivity contribution in [3.05, 3.63) is 12.2 Å². The Morgan fingerprint density at radius 3 is 2.13 bits per heavy atom. The highest BCUT2D eigenvalue weighted by atomic mass is 28.4. The zero-order chi connectivity index (χ0) is 11.5. The van der Waals surface area contributed by atoms with Crippen molar-refractivity contribution in [2.45, 2.75) is 44.8 Å². The van der Waals surface area contributed by atoms with Crippen LogP contribution in [0.5, 0.6) is 0 Å². The molecule has 0 N–H and O–H groups in total. The van der Waals surface area contributed by atoms with Crippen LogP contribution in [0.25, 0.3) is 0 Å². The van der Waals surface area contributed by atoms with Crippen LogP contribution in [0.1, 0.15) is 33.6 Å². The van der Waals surface area contributed by atoms with E-state index in [-0.39, 0.29) is 5.60 Å². The van der Waals surface area contributed by atoms with Crippen LogP contribution in [0.15, 0.2) is 12.2 Å². The zero-order valence-electron chi connectivity index (χ0n) is 10.4. The summed E-state index contributed by atoms with van der Waals surface area (Å²) in [5, 5.41) is 0. The van der Waals surface area contributed by atoms with Crippen LogP contribution in [0.3, 0.4) is 0 Å². The van der Waals surface area contributed by atoms with Gasteiger partial charge in [-0.15, -0.1) is 0 Å². The molecule has 1 aliphatic rings. The van der Waals surface area contributed by atoms with E-state index in [1.54, 1.807) is 14.2 Å². The van der Waals surface area contributed by atoms with Gasteiger partial charge in [-0.25, -0.2) is 0 Å². The van der Waals surface area contributed by atoms with Gasteiger partial charge in [-0.1, -0.05) is 12.2 Å². The molecule has 0 fully saturated rings. The summed E-state index contributed by atoms with van der Waals surface area (Å²) in [4.78, 5) is 0. The summed E-state index contributed by atoms with van der Waals surface area (Å²) in [6.45, 7) is 6.10. The monoisotopic (exact) mass is 230 g/mol. The minimum atomic E-state index is -2.53. The van der Waals surface area contributed by atoms with Gasteiger partial charge in [0.2, 0.25) is 0 Å². The van der Waals surface area contributed by atoms with Crippen LogP contribution in [0, 0.1) is 0 Å². The minimum Gasteiger partial charge on any atom is -0.376 e. The summed E-state index contributed by atoms with van der Waals surface area (Å²) in [5.74, 6) is 0. The fourth-order valence-electron chi connectivity index (χ4n) is 1.90. The molecule has 0 saturated heterocycles. The normalized spacial score (nSPS) is 22.3. The van der Waals surface area contributed by atoms with Gasteiger partial charge < -0.3 is 13.3 Å². The number of allylic oxidation sites excluding steroid dienone is 2. The van der Waals surface area contributed by atoms with E-state index >= 15 is 0 Å². The molecule has 0 radical (unpaired) electrons. The fourth-order valence-corrected chi connectivity index (χ4v) is 4.73. The predicted molar refractivity (Wildman–Crippen MR) is 62.7 cm³/mol. The molecule has 0 aromatic rings. The molecule has 1 unspecified atom stereocenters. The highest BCUT2D eigenvalue weighted by Gasteiger charge is 2.50. The molecule has 0 aliphatic heterocycles. The standard InChI is InChI=1S/C11H22O3Si/c1-11(2,3)14-15(12-4,13-5)10-8-6-7-9-10/h6,8,10H,7,9H2,1-5H3. The summed E-state index contributed by atoms with van der Waals surface area (Å²) in [6, 6.07) is 0. The summed E-state index contributed by atoms with van der Waals surface area (Å²) in [7, 11) is 0.844. The molecule has 0 aromatic heterocycles. The molecule has 0 bridgehead atoms. The molecule has 1 rings (SSSR count). The molecule has 1 atom stereocenters. The molecule has 88 valence electrons. The summed E-state index contributed by atoms with van der Waals surface area (Å²) in [5.41, 5.74) is 0.0843. The molecular weight excluding hydrogens is 208 g/mol. The van der Waals surface area contributed by atoms with Crippen molar-refractivity contribution in [2.75, 3.05) is 14.2 Å². The molecule has 0 spiro atoms. The fraction of sp³-hybridized carbons (Fsp3) is 0.818. The van der Waals surface area contributed by atoms with Crippen molar-refractivity contribution in [3.63, 3.8) is 0 Å². The first-order valence-electron chi connectivity index (χ1n) is 5.40. The second-order valence-corrected chi connectivity index (χ2v) is 7.81. The maximum Gasteiger partial charge on any atom is 0.508 e. The van der Waals surface area contributed by atoms with E-state index in [9.17, 15) is 0 Å². The molecule has 4 heteroatoms. The van der Waals surface area contributed by atoms with Crippen molar-refractivity contribution >= 4 is 8.80 Å². The Morgan fingerprint density at radius 2 is 1.80 bits per heavy atom. The van der Waals surface area contributed by atoms with Gasteiger partial charge in [0.05, 0.1) is 5.60 Å². The van der Waals surface area contributed by atoms with Crippen LogP contribution >= 0.6 is 0 Å². The first kappa shape index (κ1) is 12.9. The third-order valence-corrected chi connectivity index (χ3v) is 5.91. The second-order valence-electron chi connectivity index (χ2n) is 4.84. The van der Waals surface area contributed by atoms with Crippen molar-refractivity contribution in [3.8, 4) is 0 Å². The number of hydrogen-bond donors (Lipinski definition) is 0. The highest BCUT2D eigenvalue weighted by molar-refractivity contribution is 6.63. The lowest BCUT2D eigenvalue weighted by atomic mass is 10.2. The molecule has 1 aliphatic carbocycles. The predicted octanol–water partition coefficient (Wildman–Crippen LogP) is 2.75. The maximum atomic E-state index is 6.05. The Balaban J connectivity index is 2.81.